The van der Waals surface area contributed by atoms with Crippen LogP contribution in [0.1, 0.15) is 25.0 Å². The molecule has 0 aliphatic carbocycles. The van der Waals surface area contributed by atoms with Crippen molar-refractivity contribution in [1.82, 2.24) is 10.2 Å². The van der Waals surface area contributed by atoms with Crippen molar-refractivity contribution in [2.24, 2.45) is 0 Å². The summed E-state index contributed by atoms with van der Waals surface area (Å²) >= 11 is 1.59. The molecular weight excluding hydrogens is 284 g/mol. The third kappa shape index (κ3) is 3.79. The SMILES string of the molecule is Cc1ccc(CSCC(=O)N2CCNC(=O)C2(C)C)cc1. The van der Waals surface area contributed by atoms with Crippen LogP contribution in [-0.2, 0) is 15.3 Å². The quantitative estimate of drug-likeness (QED) is 0.925. The van der Waals surface area contributed by atoms with E-state index in [4.69, 9.17) is 0 Å². The second-order valence-electron chi connectivity index (χ2n) is 5.84. The first-order valence-electron chi connectivity index (χ1n) is 7.13. The Kier molecular flexibility index (Phi) is 4.93. The third-order valence-electron chi connectivity index (χ3n) is 3.77. The molecule has 2 amide bonds. The van der Waals surface area contributed by atoms with E-state index < -0.39 is 5.54 Å². The molecule has 4 nitrogen and oxygen atoms in total. The standard InChI is InChI=1S/C16H22N2O2S/c1-12-4-6-13(7-5-12)10-21-11-14(19)18-9-8-17-15(20)16(18,2)3/h4-7H,8-11H2,1-3H3,(H,17,20). The van der Waals surface area contributed by atoms with Crippen molar-refractivity contribution < 1.29 is 9.59 Å². The van der Waals surface area contributed by atoms with Crippen LogP contribution in [-0.4, -0.2) is 41.1 Å². The molecule has 1 fully saturated rings. The predicted molar refractivity (Wildman–Crippen MR) is 86.1 cm³/mol. The van der Waals surface area contributed by atoms with Gasteiger partial charge in [-0.05, 0) is 26.3 Å². The summed E-state index contributed by atoms with van der Waals surface area (Å²) in [4.78, 5) is 25.9. The molecule has 1 heterocycles. The minimum absolute atomic E-state index is 0.0342. The molecule has 2 rings (SSSR count). The van der Waals surface area contributed by atoms with Crippen molar-refractivity contribution in [3.05, 3.63) is 35.4 Å². The smallest absolute Gasteiger partial charge is 0.245 e. The molecule has 1 N–H and O–H groups in total. The lowest BCUT2D eigenvalue weighted by Gasteiger charge is -2.41. The number of hydrogen-bond donors (Lipinski definition) is 1. The second-order valence-corrected chi connectivity index (χ2v) is 6.82. The van der Waals surface area contributed by atoms with Gasteiger partial charge in [-0.25, -0.2) is 0 Å². The first-order chi connectivity index (χ1) is 9.91. The van der Waals surface area contributed by atoms with Crippen molar-refractivity contribution >= 4 is 23.6 Å². The van der Waals surface area contributed by atoms with Crippen LogP contribution in [0.4, 0.5) is 0 Å². The van der Waals surface area contributed by atoms with Crippen molar-refractivity contribution in [3.8, 4) is 0 Å². The summed E-state index contributed by atoms with van der Waals surface area (Å²) in [5.74, 6) is 1.18. The molecule has 21 heavy (non-hydrogen) atoms. The molecule has 0 spiro atoms. The van der Waals surface area contributed by atoms with Gasteiger partial charge in [-0.2, -0.15) is 0 Å². The number of carbonyl (C=O) groups is 2. The number of nitrogens with one attached hydrogen (secondary N) is 1. The van der Waals surface area contributed by atoms with Crippen molar-refractivity contribution in [2.45, 2.75) is 32.1 Å². The van der Waals surface area contributed by atoms with E-state index in [0.29, 0.717) is 18.8 Å². The van der Waals surface area contributed by atoms with Gasteiger partial charge in [-0.15, -0.1) is 11.8 Å². The van der Waals surface area contributed by atoms with Gasteiger partial charge in [-0.3, -0.25) is 9.59 Å². The van der Waals surface area contributed by atoms with E-state index in [9.17, 15) is 9.59 Å². The third-order valence-corrected chi connectivity index (χ3v) is 4.76. The number of rotatable bonds is 4. The van der Waals surface area contributed by atoms with Crippen LogP contribution < -0.4 is 5.32 Å². The van der Waals surface area contributed by atoms with Crippen LogP contribution in [0.3, 0.4) is 0 Å². The Labute approximate surface area is 130 Å². The van der Waals surface area contributed by atoms with Gasteiger partial charge >= 0.3 is 0 Å². The summed E-state index contributed by atoms with van der Waals surface area (Å²) in [5, 5.41) is 2.80. The van der Waals surface area contributed by atoms with Gasteiger partial charge < -0.3 is 10.2 Å². The first kappa shape index (κ1) is 15.9. The zero-order valence-electron chi connectivity index (χ0n) is 12.8. The fourth-order valence-corrected chi connectivity index (χ4v) is 3.22. The van der Waals surface area contributed by atoms with Crippen LogP contribution >= 0.6 is 11.8 Å². The topological polar surface area (TPSA) is 49.4 Å². The van der Waals surface area contributed by atoms with Gasteiger partial charge in [0.25, 0.3) is 0 Å². The largest absolute Gasteiger partial charge is 0.352 e. The molecule has 1 aliphatic rings. The number of carbonyl (C=O) groups excluding carboxylic acids is 2. The number of nitrogens with zero attached hydrogens (tertiary/aromatic N) is 1. The molecule has 0 radical (unpaired) electrons. The maximum absolute atomic E-state index is 12.3. The van der Waals surface area contributed by atoms with E-state index in [-0.39, 0.29) is 11.8 Å². The average molecular weight is 306 g/mol. The van der Waals surface area contributed by atoms with Crippen LogP contribution in [0, 0.1) is 6.92 Å². The van der Waals surface area contributed by atoms with Crippen molar-refractivity contribution in [2.75, 3.05) is 18.8 Å². The highest BCUT2D eigenvalue weighted by Crippen LogP contribution is 2.20. The van der Waals surface area contributed by atoms with Crippen LogP contribution in [0.5, 0.6) is 0 Å². The zero-order chi connectivity index (χ0) is 15.5. The summed E-state index contributed by atoms with van der Waals surface area (Å²) in [6, 6.07) is 8.34. The van der Waals surface area contributed by atoms with E-state index in [2.05, 4.69) is 36.5 Å². The van der Waals surface area contributed by atoms with Gasteiger partial charge in [0.05, 0.1) is 5.75 Å². The first-order valence-corrected chi connectivity index (χ1v) is 8.29. The number of thioether (sulfide) groups is 1. The Morgan fingerprint density at radius 2 is 2.00 bits per heavy atom. The minimum atomic E-state index is -0.750. The van der Waals surface area contributed by atoms with Crippen LogP contribution in [0.25, 0.3) is 0 Å². The fraction of sp³-hybridized carbons (Fsp3) is 0.500. The molecule has 1 aromatic rings. The van der Waals surface area contributed by atoms with Gasteiger partial charge in [0.15, 0.2) is 0 Å². The highest BCUT2D eigenvalue weighted by Gasteiger charge is 2.39. The highest BCUT2D eigenvalue weighted by atomic mass is 32.2. The molecule has 0 unspecified atom stereocenters. The van der Waals surface area contributed by atoms with E-state index >= 15 is 0 Å². The van der Waals surface area contributed by atoms with Crippen LogP contribution in [0.2, 0.25) is 0 Å². The monoisotopic (exact) mass is 306 g/mol. The Morgan fingerprint density at radius 1 is 1.33 bits per heavy atom. The van der Waals surface area contributed by atoms with Crippen molar-refractivity contribution in [1.29, 1.82) is 0 Å². The molecule has 0 saturated carbocycles. The molecule has 114 valence electrons. The Bertz CT molecular complexity index is 526. The second kappa shape index (κ2) is 6.52. The molecular formula is C16H22N2O2S. The maximum atomic E-state index is 12.3. The number of piperazine rings is 1. The molecule has 0 aromatic heterocycles. The van der Waals surface area contributed by atoms with E-state index in [1.54, 1.807) is 30.5 Å². The van der Waals surface area contributed by atoms with Gasteiger partial charge in [0, 0.05) is 18.8 Å². The van der Waals surface area contributed by atoms with Gasteiger partial charge in [0.2, 0.25) is 11.8 Å². The number of aryl methyl sites for hydroxylation is 1. The summed E-state index contributed by atoms with van der Waals surface area (Å²) < 4.78 is 0. The van der Waals surface area contributed by atoms with Crippen LogP contribution in [0.15, 0.2) is 24.3 Å². The lowest BCUT2D eigenvalue weighted by atomic mass is 9.99. The molecule has 1 aliphatic heterocycles. The van der Waals surface area contributed by atoms with E-state index in [0.717, 1.165) is 5.75 Å². The molecule has 5 heteroatoms. The van der Waals surface area contributed by atoms with E-state index in [1.165, 1.54) is 11.1 Å². The minimum Gasteiger partial charge on any atom is -0.352 e. The molecule has 0 bridgehead atoms. The lowest BCUT2D eigenvalue weighted by Crippen LogP contribution is -2.63. The van der Waals surface area contributed by atoms with Gasteiger partial charge in [-0.1, -0.05) is 29.8 Å². The Hall–Kier alpha value is -1.49. The highest BCUT2D eigenvalue weighted by molar-refractivity contribution is 7.99. The summed E-state index contributed by atoms with van der Waals surface area (Å²) in [6.45, 7) is 6.78. The maximum Gasteiger partial charge on any atom is 0.245 e. The number of benzene rings is 1. The van der Waals surface area contributed by atoms with Gasteiger partial charge in [0.1, 0.15) is 5.54 Å². The zero-order valence-corrected chi connectivity index (χ0v) is 13.6. The summed E-state index contributed by atoms with van der Waals surface area (Å²) in [5.41, 5.74) is 1.70. The molecule has 1 saturated heterocycles. The number of amides is 2. The average Bonchev–Trinajstić information content (AvgIpc) is 2.44. The summed E-state index contributed by atoms with van der Waals surface area (Å²) in [6.07, 6.45) is 0. The number of hydrogen-bond acceptors (Lipinski definition) is 3. The molecule has 1 aromatic carbocycles. The Morgan fingerprint density at radius 3 is 2.67 bits per heavy atom. The Balaban J connectivity index is 1.87. The lowest BCUT2D eigenvalue weighted by molar-refractivity contribution is -0.147. The predicted octanol–water partition coefficient (Wildman–Crippen LogP) is 1.97. The van der Waals surface area contributed by atoms with Crippen molar-refractivity contribution in [3.63, 3.8) is 0 Å². The fourth-order valence-electron chi connectivity index (χ4n) is 2.35. The normalized spacial score (nSPS) is 17.5. The molecule has 0 atom stereocenters. The summed E-state index contributed by atoms with van der Waals surface area (Å²) in [7, 11) is 0. The van der Waals surface area contributed by atoms with E-state index in [1.807, 2.05) is 0 Å².